The molecule has 0 radical (unpaired) electrons. The molecule has 1 aliphatic heterocycles. The highest BCUT2D eigenvalue weighted by atomic mass is 127. The fourth-order valence-corrected chi connectivity index (χ4v) is 3.72. The average molecular weight is 546 g/mol. The third-order valence-corrected chi connectivity index (χ3v) is 5.44. The number of aliphatic imine (C=N–C) groups is 1. The standard InChI is InChI=1S/C24H30N6O.HI/c1-25-24(27-16-19-8-10-21(11-9-19)30-12-14-31-15-13-30)29(2)18-23-26-17-22(28-23)20-6-4-3-5-7-20;/h3-11,17H,12-16,18H2,1-2H3,(H,25,27)(H,26,28);1H. The first-order valence-corrected chi connectivity index (χ1v) is 10.7. The van der Waals surface area contributed by atoms with Crippen LogP contribution in [0.3, 0.4) is 0 Å². The average Bonchev–Trinajstić information content (AvgIpc) is 3.29. The summed E-state index contributed by atoms with van der Waals surface area (Å²) < 4.78 is 5.43. The van der Waals surface area contributed by atoms with Crippen LogP contribution in [0, 0.1) is 0 Å². The maximum atomic E-state index is 5.43. The number of imidazole rings is 1. The van der Waals surface area contributed by atoms with Crippen LogP contribution in [-0.2, 0) is 17.8 Å². The van der Waals surface area contributed by atoms with Crippen molar-refractivity contribution in [2.75, 3.05) is 45.3 Å². The fourth-order valence-electron chi connectivity index (χ4n) is 3.72. The minimum absolute atomic E-state index is 0. The van der Waals surface area contributed by atoms with Gasteiger partial charge in [-0.2, -0.15) is 0 Å². The molecule has 8 heteroatoms. The fraction of sp³-hybridized carbons (Fsp3) is 0.333. The van der Waals surface area contributed by atoms with Crippen molar-refractivity contribution in [2.24, 2.45) is 4.99 Å². The van der Waals surface area contributed by atoms with Crippen molar-refractivity contribution in [3.05, 3.63) is 72.2 Å². The minimum Gasteiger partial charge on any atom is -0.378 e. The van der Waals surface area contributed by atoms with Gasteiger partial charge in [-0.15, -0.1) is 24.0 Å². The predicted octanol–water partition coefficient (Wildman–Crippen LogP) is 3.74. The van der Waals surface area contributed by atoms with Crippen molar-refractivity contribution in [1.29, 1.82) is 0 Å². The number of halogens is 1. The first-order valence-electron chi connectivity index (χ1n) is 10.7. The molecule has 0 amide bonds. The van der Waals surface area contributed by atoms with Gasteiger partial charge in [0.2, 0.25) is 0 Å². The van der Waals surface area contributed by atoms with Crippen LogP contribution in [0.2, 0.25) is 0 Å². The van der Waals surface area contributed by atoms with Crippen LogP contribution in [0.1, 0.15) is 11.4 Å². The van der Waals surface area contributed by atoms with E-state index in [0.29, 0.717) is 13.1 Å². The van der Waals surface area contributed by atoms with Gasteiger partial charge >= 0.3 is 0 Å². The molecule has 32 heavy (non-hydrogen) atoms. The molecule has 1 aliphatic rings. The van der Waals surface area contributed by atoms with Crippen LogP contribution >= 0.6 is 24.0 Å². The molecule has 1 aromatic heterocycles. The lowest BCUT2D eigenvalue weighted by Gasteiger charge is -2.29. The number of morpholine rings is 1. The summed E-state index contributed by atoms with van der Waals surface area (Å²) in [4.78, 5) is 16.8. The van der Waals surface area contributed by atoms with Crippen molar-refractivity contribution < 1.29 is 4.74 Å². The Morgan fingerprint density at radius 1 is 1.12 bits per heavy atom. The number of hydrogen-bond acceptors (Lipinski definition) is 4. The minimum atomic E-state index is 0. The van der Waals surface area contributed by atoms with Gasteiger partial charge in [0.15, 0.2) is 5.96 Å². The van der Waals surface area contributed by atoms with Gasteiger partial charge in [-0.3, -0.25) is 4.99 Å². The SMILES string of the molecule is CN=C(NCc1ccc(N2CCOCC2)cc1)N(C)Cc1ncc(-c2ccccc2)[nH]1.I. The Morgan fingerprint density at radius 2 is 1.84 bits per heavy atom. The van der Waals surface area contributed by atoms with Crippen molar-refractivity contribution >= 4 is 35.6 Å². The summed E-state index contributed by atoms with van der Waals surface area (Å²) >= 11 is 0. The number of hydrogen-bond donors (Lipinski definition) is 2. The molecule has 0 atom stereocenters. The quantitative estimate of drug-likeness (QED) is 0.280. The van der Waals surface area contributed by atoms with Crippen LogP contribution in [0.25, 0.3) is 11.3 Å². The van der Waals surface area contributed by atoms with Crippen molar-refractivity contribution in [2.45, 2.75) is 13.1 Å². The smallest absolute Gasteiger partial charge is 0.194 e. The number of rotatable bonds is 6. The van der Waals surface area contributed by atoms with E-state index >= 15 is 0 Å². The Kier molecular flexibility index (Phi) is 8.92. The molecule has 170 valence electrons. The van der Waals surface area contributed by atoms with Gasteiger partial charge < -0.3 is 24.8 Å². The maximum absolute atomic E-state index is 5.43. The second-order valence-corrected chi connectivity index (χ2v) is 7.63. The molecule has 3 aromatic rings. The van der Waals surface area contributed by atoms with E-state index in [-0.39, 0.29) is 24.0 Å². The highest BCUT2D eigenvalue weighted by molar-refractivity contribution is 14.0. The van der Waals surface area contributed by atoms with Gasteiger partial charge in [0.25, 0.3) is 0 Å². The second-order valence-electron chi connectivity index (χ2n) is 7.63. The molecular weight excluding hydrogens is 515 g/mol. The van der Waals surface area contributed by atoms with Gasteiger partial charge in [0.1, 0.15) is 5.82 Å². The molecule has 2 aromatic carbocycles. The summed E-state index contributed by atoms with van der Waals surface area (Å²) in [5.41, 5.74) is 4.62. The number of ether oxygens (including phenoxy) is 1. The number of benzene rings is 2. The van der Waals surface area contributed by atoms with Gasteiger partial charge in [0.05, 0.1) is 31.6 Å². The Labute approximate surface area is 206 Å². The normalized spacial score (nSPS) is 14.1. The molecule has 4 rings (SSSR count). The Morgan fingerprint density at radius 3 is 2.53 bits per heavy atom. The van der Waals surface area contributed by atoms with Gasteiger partial charge in [0, 0.05) is 39.4 Å². The van der Waals surface area contributed by atoms with Crippen LogP contribution in [0.5, 0.6) is 0 Å². The molecule has 0 saturated carbocycles. The first kappa shape index (κ1) is 24.1. The number of H-pyrrole nitrogens is 1. The Hall–Kier alpha value is -2.59. The lowest BCUT2D eigenvalue weighted by molar-refractivity contribution is 0.122. The van der Waals surface area contributed by atoms with Crippen LogP contribution < -0.4 is 10.2 Å². The lowest BCUT2D eigenvalue weighted by atomic mass is 10.2. The summed E-state index contributed by atoms with van der Waals surface area (Å²) in [7, 11) is 3.82. The van der Waals surface area contributed by atoms with Crippen molar-refractivity contribution in [3.63, 3.8) is 0 Å². The lowest BCUT2D eigenvalue weighted by Crippen LogP contribution is -2.38. The number of aromatic amines is 1. The molecule has 1 fully saturated rings. The topological polar surface area (TPSA) is 68.8 Å². The van der Waals surface area contributed by atoms with Crippen LogP contribution in [0.15, 0.2) is 65.8 Å². The largest absolute Gasteiger partial charge is 0.378 e. The highest BCUT2D eigenvalue weighted by Gasteiger charge is 2.12. The van der Waals surface area contributed by atoms with Crippen molar-refractivity contribution in [3.8, 4) is 11.3 Å². The molecule has 7 nitrogen and oxygen atoms in total. The summed E-state index contributed by atoms with van der Waals surface area (Å²) in [6, 6.07) is 18.9. The molecule has 0 spiro atoms. The number of nitrogens with zero attached hydrogens (tertiary/aromatic N) is 4. The third-order valence-electron chi connectivity index (χ3n) is 5.44. The van der Waals surface area contributed by atoms with Gasteiger partial charge in [-0.25, -0.2) is 4.98 Å². The van der Waals surface area contributed by atoms with Gasteiger partial charge in [-0.1, -0.05) is 42.5 Å². The summed E-state index contributed by atoms with van der Waals surface area (Å²) in [5.74, 6) is 1.73. The Bertz CT molecular complexity index is 983. The number of aromatic nitrogens is 2. The molecule has 0 bridgehead atoms. The van der Waals surface area contributed by atoms with E-state index in [1.165, 1.54) is 11.3 Å². The summed E-state index contributed by atoms with van der Waals surface area (Å²) in [5, 5.41) is 3.44. The van der Waals surface area contributed by atoms with E-state index in [0.717, 1.165) is 49.3 Å². The van der Waals surface area contributed by atoms with Gasteiger partial charge in [-0.05, 0) is 23.3 Å². The number of anilines is 1. The zero-order valence-corrected chi connectivity index (χ0v) is 21.0. The molecular formula is C24H31IN6O. The van der Waals surface area contributed by atoms with E-state index in [1.807, 2.05) is 31.4 Å². The zero-order valence-electron chi connectivity index (χ0n) is 18.6. The molecule has 0 aliphatic carbocycles. The zero-order chi connectivity index (χ0) is 21.5. The molecule has 2 N–H and O–H groups in total. The molecule has 0 unspecified atom stereocenters. The van der Waals surface area contributed by atoms with E-state index in [9.17, 15) is 0 Å². The summed E-state index contributed by atoms with van der Waals surface area (Å²) in [6.45, 7) is 4.86. The van der Waals surface area contributed by atoms with E-state index < -0.39 is 0 Å². The predicted molar refractivity (Wildman–Crippen MR) is 141 cm³/mol. The van der Waals surface area contributed by atoms with E-state index in [4.69, 9.17) is 4.74 Å². The monoisotopic (exact) mass is 546 g/mol. The first-order chi connectivity index (χ1) is 15.2. The molecule has 1 saturated heterocycles. The Balaban J connectivity index is 0.00000289. The second kappa shape index (κ2) is 11.9. The molecule has 2 heterocycles. The number of guanidine groups is 1. The third kappa shape index (κ3) is 6.23. The van der Waals surface area contributed by atoms with Crippen molar-refractivity contribution in [1.82, 2.24) is 20.2 Å². The van der Waals surface area contributed by atoms with E-state index in [2.05, 4.69) is 66.5 Å². The van der Waals surface area contributed by atoms with Crippen LogP contribution in [-0.4, -0.2) is 61.2 Å². The van der Waals surface area contributed by atoms with E-state index in [1.54, 1.807) is 7.05 Å². The highest BCUT2D eigenvalue weighted by Crippen LogP contribution is 2.18. The summed E-state index contributed by atoms with van der Waals surface area (Å²) in [6.07, 6.45) is 1.88. The van der Waals surface area contributed by atoms with Crippen LogP contribution in [0.4, 0.5) is 5.69 Å². The maximum Gasteiger partial charge on any atom is 0.194 e. The number of nitrogens with one attached hydrogen (secondary N) is 2.